The summed E-state index contributed by atoms with van der Waals surface area (Å²) in [5.74, 6) is -2.97. The standard InChI is InChI=1S/C10H10F5NO2S/c1-5(2)8-6(11)3-4-7(9(8)12)16-19(17,18)10(13,14)15/h3-5,16H,1-2H3. The number of benzene rings is 1. The van der Waals surface area contributed by atoms with E-state index in [-0.39, 0.29) is 0 Å². The molecule has 0 unspecified atom stereocenters. The zero-order valence-corrected chi connectivity index (χ0v) is 10.7. The number of hydrogen-bond donors (Lipinski definition) is 1. The third-order valence-corrected chi connectivity index (χ3v) is 3.35. The molecule has 1 aromatic rings. The lowest BCUT2D eigenvalue weighted by atomic mass is 10.0. The van der Waals surface area contributed by atoms with Crippen molar-refractivity contribution in [2.24, 2.45) is 0 Å². The third kappa shape index (κ3) is 3.14. The highest BCUT2D eigenvalue weighted by atomic mass is 32.2. The van der Waals surface area contributed by atoms with Crippen LogP contribution in [0.15, 0.2) is 12.1 Å². The average Bonchev–Trinajstić information content (AvgIpc) is 2.20. The highest BCUT2D eigenvalue weighted by molar-refractivity contribution is 7.93. The van der Waals surface area contributed by atoms with Crippen molar-refractivity contribution in [1.82, 2.24) is 0 Å². The van der Waals surface area contributed by atoms with E-state index in [1.54, 1.807) is 0 Å². The number of halogens is 5. The minimum atomic E-state index is -5.74. The van der Waals surface area contributed by atoms with E-state index in [0.29, 0.717) is 12.1 Å². The summed E-state index contributed by atoms with van der Waals surface area (Å²) in [7, 11) is -5.74. The molecule has 0 amide bonds. The van der Waals surface area contributed by atoms with E-state index in [2.05, 4.69) is 0 Å². The van der Waals surface area contributed by atoms with Gasteiger partial charge in [0.25, 0.3) is 0 Å². The summed E-state index contributed by atoms with van der Waals surface area (Å²) in [6.45, 7) is 2.84. The topological polar surface area (TPSA) is 46.2 Å². The van der Waals surface area contributed by atoms with E-state index < -0.39 is 44.3 Å². The predicted octanol–water partition coefficient (Wildman–Crippen LogP) is 3.35. The van der Waals surface area contributed by atoms with Crippen LogP contribution < -0.4 is 4.72 Å². The summed E-state index contributed by atoms with van der Waals surface area (Å²) in [6.07, 6.45) is 0. The quantitative estimate of drug-likeness (QED) is 0.870. The molecule has 0 heterocycles. The van der Waals surface area contributed by atoms with Crippen LogP contribution in [0.1, 0.15) is 25.3 Å². The molecule has 0 atom stereocenters. The first-order valence-corrected chi connectivity index (χ1v) is 6.52. The van der Waals surface area contributed by atoms with Crippen LogP contribution in [0.3, 0.4) is 0 Å². The molecule has 108 valence electrons. The second-order valence-electron chi connectivity index (χ2n) is 4.03. The van der Waals surface area contributed by atoms with Crippen LogP contribution in [0.5, 0.6) is 0 Å². The number of hydrogen-bond acceptors (Lipinski definition) is 2. The van der Waals surface area contributed by atoms with E-state index >= 15 is 0 Å². The van der Waals surface area contributed by atoms with Crippen molar-refractivity contribution in [2.45, 2.75) is 25.3 Å². The number of nitrogens with one attached hydrogen (secondary N) is 1. The Labute approximate surface area is 106 Å². The van der Waals surface area contributed by atoms with E-state index in [0.717, 1.165) is 4.72 Å². The SMILES string of the molecule is CC(C)c1c(F)ccc(NS(=O)(=O)C(F)(F)F)c1F. The molecule has 0 fully saturated rings. The first-order chi connectivity index (χ1) is 8.47. The van der Waals surface area contributed by atoms with Crippen LogP contribution in [-0.4, -0.2) is 13.9 Å². The van der Waals surface area contributed by atoms with Gasteiger partial charge >= 0.3 is 15.5 Å². The van der Waals surface area contributed by atoms with Gasteiger partial charge in [-0.2, -0.15) is 21.6 Å². The fourth-order valence-electron chi connectivity index (χ4n) is 1.38. The second kappa shape index (κ2) is 4.95. The molecule has 19 heavy (non-hydrogen) atoms. The van der Waals surface area contributed by atoms with Crippen molar-refractivity contribution in [1.29, 1.82) is 0 Å². The molecule has 0 radical (unpaired) electrons. The first kappa shape index (κ1) is 15.7. The average molecular weight is 303 g/mol. The van der Waals surface area contributed by atoms with Gasteiger partial charge in [-0.3, -0.25) is 4.72 Å². The summed E-state index contributed by atoms with van der Waals surface area (Å²) in [5.41, 5.74) is -7.00. The van der Waals surface area contributed by atoms with Gasteiger partial charge in [0.05, 0.1) is 5.69 Å². The highest BCUT2D eigenvalue weighted by Gasteiger charge is 2.46. The number of sulfonamides is 1. The lowest BCUT2D eigenvalue weighted by molar-refractivity contribution is -0.0429. The van der Waals surface area contributed by atoms with Gasteiger partial charge in [0.2, 0.25) is 0 Å². The molecular weight excluding hydrogens is 293 g/mol. The van der Waals surface area contributed by atoms with Gasteiger partial charge in [-0.15, -0.1) is 0 Å². The van der Waals surface area contributed by atoms with Crippen LogP contribution >= 0.6 is 0 Å². The van der Waals surface area contributed by atoms with Gasteiger partial charge in [-0.1, -0.05) is 13.8 Å². The highest BCUT2D eigenvalue weighted by Crippen LogP contribution is 2.31. The van der Waals surface area contributed by atoms with E-state index in [1.165, 1.54) is 13.8 Å². The van der Waals surface area contributed by atoms with Crippen LogP contribution in [0.2, 0.25) is 0 Å². The summed E-state index contributed by atoms with van der Waals surface area (Å²) in [5, 5.41) is 0. The van der Waals surface area contributed by atoms with Crippen molar-refractivity contribution in [3.05, 3.63) is 29.3 Å². The predicted molar refractivity (Wildman–Crippen MR) is 59.0 cm³/mol. The van der Waals surface area contributed by atoms with Crippen LogP contribution in [0.25, 0.3) is 0 Å². The molecule has 9 heteroatoms. The summed E-state index contributed by atoms with van der Waals surface area (Å²) < 4.78 is 86.2. The van der Waals surface area contributed by atoms with Crippen molar-refractivity contribution < 1.29 is 30.4 Å². The monoisotopic (exact) mass is 303 g/mol. The molecular formula is C10H10F5NO2S. The fraction of sp³-hybridized carbons (Fsp3) is 0.400. The van der Waals surface area contributed by atoms with Crippen LogP contribution in [0.4, 0.5) is 27.6 Å². The lowest BCUT2D eigenvalue weighted by Crippen LogP contribution is -2.30. The molecule has 1 N–H and O–H groups in total. The first-order valence-electron chi connectivity index (χ1n) is 5.04. The largest absolute Gasteiger partial charge is 0.516 e. The molecule has 1 rings (SSSR count). The molecule has 0 aliphatic carbocycles. The summed E-state index contributed by atoms with van der Waals surface area (Å²) >= 11 is 0. The Morgan fingerprint density at radius 1 is 1.16 bits per heavy atom. The van der Waals surface area contributed by atoms with E-state index in [9.17, 15) is 30.4 Å². The maximum atomic E-state index is 13.8. The summed E-state index contributed by atoms with van der Waals surface area (Å²) in [4.78, 5) is 0. The maximum Gasteiger partial charge on any atom is 0.516 e. The van der Waals surface area contributed by atoms with Crippen molar-refractivity contribution in [2.75, 3.05) is 4.72 Å². The van der Waals surface area contributed by atoms with Crippen molar-refractivity contribution in [3.63, 3.8) is 0 Å². The Kier molecular flexibility index (Phi) is 4.08. The Morgan fingerprint density at radius 3 is 2.11 bits per heavy atom. The smallest absolute Gasteiger partial charge is 0.273 e. The van der Waals surface area contributed by atoms with E-state index in [4.69, 9.17) is 0 Å². The molecule has 0 bridgehead atoms. The van der Waals surface area contributed by atoms with Crippen molar-refractivity contribution >= 4 is 15.7 Å². The Bertz CT molecular complexity index is 580. The van der Waals surface area contributed by atoms with Gasteiger partial charge in [-0.05, 0) is 18.1 Å². The number of rotatable bonds is 3. The normalized spacial score (nSPS) is 12.8. The Morgan fingerprint density at radius 2 is 1.68 bits per heavy atom. The zero-order valence-electron chi connectivity index (χ0n) is 9.85. The van der Waals surface area contributed by atoms with Gasteiger partial charge < -0.3 is 0 Å². The van der Waals surface area contributed by atoms with Gasteiger partial charge in [-0.25, -0.2) is 8.78 Å². The third-order valence-electron chi connectivity index (χ3n) is 2.25. The van der Waals surface area contributed by atoms with Gasteiger partial charge in [0, 0.05) is 5.56 Å². The van der Waals surface area contributed by atoms with Gasteiger partial charge in [0.15, 0.2) is 5.82 Å². The molecule has 0 saturated heterocycles. The molecule has 1 aromatic carbocycles. The Hall–Kier alpha value is -1.38. The molecule has 0 saturated carbocycles. The lowest BCUT2D eigenvalue weighted by Gasteiger charge is -2.15. The molecule has 0 spiro atoms. The van der Waals surface area contributed by atoms with Crippen LogP contribution in [-0.2, 0) is 10.0 Å². The van der Waals surface area contributed by atoms with E-state index in [1.807, 2.05) is 0 Å². The Balaban J connectivity index is 3.29. The zero-order chi connectivity index (χ0) is 15.0. The number of alkyl halides is 3. The van der Waals surface area contributed by atoms with Crippen molar-refractivity contribution in [3.8, 4) is 0 Å². The maximum absolute atomic E-state index is 13.8. The molecule has 0 aliphatic heterocycles. The minimum Gasteiger partial charge on any atom is -0.273 e. The molecule has 0 aromatic heterocycles. The van der Waals surface area contributed by atoms with Crippen LogP contribution in [0, 0.1) is 11.6 Å². The molecule has 0 aliphatic rings. The van der Waals surface area contributed by atoms with Gasteiger partial charge in [0.1, 0.15) is 5.82 Å². The minimum absolute atomic E-state index is 0.484. The second-order valence-corrected chi connectivity index (χ2v) is 5.70. The number of anilines is 1. The fourth-order valence-corrected chi connectivity index (χ4v) is 1.94. The summed E-state index contributed by atoms with van der Waals surface area (Å²) in [6, 6.07) is 1.30. The molecule has 3 nitrogen and oxygen atoms in total.